The maximum Gasteiger partial charge on any atom is 0.259 e. The molecule has 0 saturated carbocycles. The quantitative estimate of drug-likeness (QED) is 0.503. The minimum absolute atomic E-state index is 0.0573. The number of aromatic nitrogens is 1. The molecule has 4 aromatic rings. The van der Waals surface area contributed by atoms with Gasteiger partial charge in [0.1, 0.15) is 17.0 Å². The molecule has 1 amide bonds. The number of phenolic OH excluding ortho intramolecular Hbond substituents is 1. The van der Waals surface area contributed by atoms with Gasteiger partial charge in [-0.2, -0.15) is 0 Å². The average Bonchev–Trinajstić information content (AvgIpc) is 3.14. The van der Waals surface area contributed by atoms with Gasteiger partial charge in [-0.1, -0.05) is 24.3 Å². The molecule has 6 nitrogen and oxygen atoms in total. The molecule has 1 heterocycles. The van der Waals surface area contributed by atoms with E-state index >= 15 is 0 Å². The Hall–Kier alpha value is -3.80. The van der Waals surface area contributed by atoms with Gasteiger partial charge in [0.15, 0.2) is 5.58 Å². The van der Waals surface area contributed by atoms with Crippen molar-refractivity contribution < 1.29 is 19.1 Å². The highest BCUT2D eigenvalue weighted by Crippen LogP contribution is 2.36. The molecule has 2 N–H and O–H groups in total. The number of rotatable bonds is 4. The molecule has 3 aromatic carbocycles. The molecule has 0 spiro atoms. The Kier molecular flexibility index (Phi) is 4.45. The van der Waals surface area contributed by atoms with Crippen LogP contribution in [0.25, 0.3) is 22.6 Å². The zero-order valence-electron chi connectivity index (χ0n) is 15.4. The Bertz CT molecular complexity index is 1150. The van der Waals surface area contributed by atoms with Gasteiger partial charge in [-0.05, 0) is 48.9 Å². The van der Waals surface area contributed by atoms with E-state index in [1.54, 1.807) is 43.3 Å². The number of amides is 1. The Balaban J connectivity index is 1.72. The van der Waals surface area contributed by atoms with Crippen LogP contribution < -0.4 is 10.1 Å². The summed E-state index contributed by atoms with van der Waals surface area (Å²) < 4.78 is 11.0. The zero-order chi connectivity index (χ0) is 19.7. The van der Waals surface area contributed by atoms with Crippen LogP contribution in [0.2, 0.25) is 0 Å². The van der Waals surface area contributed by atoms with E-state index in [1.807, 2.05) is 24.3 Å². The minimum Gasteiger partial charge on any atom is -0.507 e. The molecule has 4 rings (SSSR count). The molecular formula is C22H18N2O4. The topological polar surface area (TPSA) is 84.6 Å². The third-order valence-electron chi connectivity index (χ3n) is 4.43. The Morgan fingerprint density at radius 1 is 1.11 bits per heavy atom. The second kappa shape index (κ2) is 7.08. The summed E-state index contributed by atoms with van der Waals surface area (Å²) in [4.78, 5) is 17.1. The molecule has 0 radical (unpaired) electrons. The highest BCUT2D eigenvalue weighted by atomic mass is 16.5. The first kappa shape index (κ1) is 17.6. The van der Waals surface area contributed by atoms with E-state index in [2.05, 4.69) is 10.3 Å². The summed E-state index contributed by atoms with van der Waals surface area (Å²) in [5.74, 6) is 0.512. The number of aryl methyl sites for hydroxylation is 1. The number of oxazole rings is 1. The van der Waals surface area contributed by atoms with Gasteiger partial charge >= 0.3 is 0 Å². The van der Waals surface area contributed by atoms with Crippen molar-refractivity contribution in [3.8, 4) is 23.0 Å². The van der Waals surface area contributed by atoms with Crippen LogP contribution in [-0.2, 0) is 0 Å². The Labute approximate surface area is 161 Å². The lowest BCUT2D eigenvalue weighted by Crippen LogP contribution is -2.13. The number of aromatic hydroxyl groups is 1. The monoisotopic (exact) mass is 374 g/mol. The highest BCUT2D eigenvalue weighted by molar-refractivity contribution is 6.06. The van der Waals surface area contributed by atoms with Gasteiger partial charge in [0.25, 0.3) is 5.91 Å². The summed E-state index contributed by atoms with van der Waals surface area (Å²) in [6.07, 6.45) is 0. The molecule has 0 aliphatic rings. The van der Waals surface area contributed by atoms with Crippen molar-refractivity contribution in [2.24, 2.45) is 0 Å². The summed E-state index contributed by atoms with van der Waals surface area (Å²) in [5.41, 5.74) is 3.25. The summed E-state index contributed by atoms with van der Waals surface area (Å²) in [7, 11) is 1.52. The molecule has 0 fully saturated rings. The Morgan fingerprint density at radius 2 is 1.86 bits per heavy atom. The van der Waals surface area contributed by atoms with Gasteiger partial charge in [0.2, 0.25) is 5.89 Å². The number of ether oxygens (including phenoxy) is 1. The summed E-state index contributed by atoms with van der Waals surface area (Å²) in [5, 5.41) is 13.3. The minimum atomic E-state index is -0.314. The van der Waals surface area contributed by atoms with E-state index in [4.69, 9.17) is 9.15 Å². The van der Waals surface area contributed by atoms with E-state index < -0.39 is 0 Å². The second-order valence-corrected chi connectivity index (χ2v) is 6.33. The van der Waals surface area contributed by atoms with Gasteiger partial charge in [0, 0.05) is 5.69 Å². The van der Waals surface area contributed by atoms with Gasteiger partial charge < -0.3 is 19.6 Å². The molecule has 0 saturated heterocycles. The van der Waals surface area contributed by atoms with Crippen molar-refractivity contribution in [2.45, 2.75) is 6.92 Å². The molecule has 140 valence electrons. The van der Waals surface area contributed by atoms with Crippen LogP contribution in [0.15, 0.2) is 65.1 Å². The number of fused-ring (bicyclic) bond motifs is 1. The molecular weight excluding hydrogens is 356 g/mol. The molecule has 0 unspecified atom stereocenters. The predicted molar refractivity (Wildman–Crippen MR) is 107 cm³/mol. The number of nitrogens with one attached hydrogen (secondary N) is 1. The number of nitrogens with zero attached hydrogens (tertiary/aromatic N) is 1. The normalized spacial score (nSPS) is 10.8. The number of carbonyl (C=O) groups excluding carboxylic acids is 1. The molecule has 28 heavy (non-hydrogen) atoms. The fourth-order valence-corrected chi connectivity index (χ4v) is 3.03. The number of anilines is 1. The maximum atomic E-state index is 12.7. The number of methoxy groups -OCH3 is 1. The van der Waals surface area contributed by atoms with Crippen LogP contribution in [-0.4, -0.2) is 23.1 Å². The highest BCUT2D eigenvalue weighted by Gasteiger charge is 2.17. The van der Waals surface area contributed by atoms with Crippen LogP contribution in [0, 0.1) is 6.92 Å². The first-order valence-electron chi connectivity index (χ1n) is 8.70. The fraction of sp³-hybridized carbons (Fsp3) is 0.0909. The second-order valence-electron chi connectivity index (χ2n) is 6.33. The van der Waals surface area contributed by atoms with Crippen LogP contribution >= 0.6 is 0 Å². The van der Waals surface area contributed by atoms with Crippen molar-refractivity contribution in [3.63, 3.8) is 0 Å². The lowest BCUT2D eigenvalue weighted by Gasteiger charge is -2.12. The van der Waals surface area contributed by atoms with Gasteiger partial charge in [-0.15, -0.1) is 0 Å². The summed E-state index contributed by atoms with van der Waals surface area (Å²) in [6.45, 7) is 1.75. The molecule has 0 atom stereocenters. The van der Waals surface area contributed by atoms with Crippen LogP contribution in [0.3, 0.4) is 0 Å². The molecule has 0 aliphatic carbocycles. The third-order valence-corrected chi connectivity index (χ3v) is 4.43. The molecule has 0 bridgehead atoms. The number of para-hydroxylation sites is 3. The van der Waals surface area contributed by atoms with E-state index in [1.165, 1.54) is 7.11 Å². The molecule has 6 heteroatoms. The Morgan fingerprint density at radius 3 is 2.64 bits per heavy atom. The van der Waals surface area contributed by atoms with Crippen molar-refractivity contribution >= 4 is 22.7 Å². The number of benzene rings is 3. The zero-order valence-corrected chi connectivity index (χ0v) is 15.4. The first-order chi connectivity index (χ1) is 13.6. The van der Waals surface area contributed by atoms with Gasteiger partial charge in [0.05, 0.1) is 18.2 Å². The third kappa shape index (κ3) is 3.16. The van der Waals surface area contributed by atoms with E-state index in [9.17, 15) is 9.90 Å². The summed E-state index contributed by atoms with van der Waals surface area (Å²) in [6, 6.07) is 17.7. The largest absolute Gasteiger partial charge is 0.507 e. The van der Waals surface area contributed by atoms with Crippen LogP contribution in [0.4, 0.5) is 5.69 Å². The average molecular weight is 374 g/mol. The van der Waals surface area contributed by atoms with Crippen molar-refractivity contribution in [3.05, 3.63) is 71.8 Å². The van der Waals surface area contributed by atoms with Gasteiger partial charge in [-0.3, -0.25) is 4.79 Å². The molecule has 0 aliphatic heterocycles. The predicted octanol–water partition coefficient (Wildman–Crippen LogP) is 4.77. The van der Waals surface area contributed by atoms with E-state index in [-0.39, 0.29) is 17.5 Å². The van der Waals surface area contributed by atoms with Crippen molar-refractivity contribution in [1.29, 1.82) is 0 Å². The summed E-state index contributed by atoms with van der Waals surface area (Å²) >= 11 is 0. The smallest absolute Gasteiger partial charge is 0.259 e. The number of hydrogen-bond donors (Lipinski definition) is 2. The fourth-order valence-electron chi connectivity index (χ4n) is 3.03. The van der Waals surface area contributed by atoms with E-state index in [0.29, 0.717) is 39.2 Å². The number of carbonyl (C=O) groups is 1. The van der Waals surface area contributed by atoms with E-state index in [0.717, 1.165) is 0 Å². The maximum absolute atomic E-state index is 12.7. The van der Waals surface area contributed by atoms with Crippen LogP contribution in [0.1, 0.15) is 15.9 Å². The van der Waals surface area contributed by atoms with Crippen LogP contribution in [0.5, 0.6) is 11.5 Å². The molecule has 1 aromatic heterocycles. The number of phenols is 1. The van der Waals surface area contributed by atoms with Crippen molar-refractivity contribution in [1.82, 2.24) is 4.98 Å². The lowest BCUT2D eigenvalue weighted by molar-refractivity contribution is 0.102. The number of hydrogen-bond acceptors (Lipinski definition) is 5. The first-order valence-corrected chi connectivity index (χ1v) is 8.70. The standard InChI is InChI=1S/C22H18N2O4/c1-13-11-14(23-21(26)15-7-3-5-9-18(15)27-2)12-16(20(13)25)22-24-17-8-4-6-10-19(17)28-22/h3-12,25H,1-2H3,(H,23,26). The SMILES string of the molecule is COc1ccccc1C(=O)Nc1cc(C)c(O)c(-c2nc3ccccc3o2)c1. The van der Waals surface area contributed by atoms with Gasteiger partial charge in [-0.25, -0.2) is 4.98 Å². The lowest BCUT2D eigenvalue weighted by atomic mass is 10.1. The van der Waals surface area contributed by atoms with Crippen molar-refractivity contribution in [2.75, 3.05) is 12.4 Å².